The first kappa shape index (κ1) is 24.0. The summed E-state index contributed by atoms with van der Waals surface area (Å²) in [6.07, 6.45) is 2.22. The van der Waals surface area contributed by atoms with Crippen molar-refractivity contribution in [2.45, 2.75) is 95.8 Å². The maximum Gasteiger partial charge on any atom is 0.303 e. The van der Waals surface area contributed by atoms with Crippen LogP contribution in [-0.4, -0.2) is 66.2 Å². The molecule has 1 saturated carbocycles. The van der Waals surface area contributed by atoms with E-state index in [9.17, 15) is 14.4 Å². The number of thioether (sulfide) groups is 1. The van der Waals surface area contributed by atoms with Gasteiger partial charge in [0.25, 0.3) is 0 Å². The Kier molecular flexibility index (Phi) is 9.71. The van der Waals surface area contributed by atoms with E-state index in [1.807, 2.05) is 6.92 Å². The van der Waals surface area contributed by atoms with Gasteiger partial charge in [0.2, 0.25) is 0 Å². The van der Waals surface area contributed by atoms with Gasteiger partial charge >= 0.3 is 17.9 Å². The van der Waals surface area contributed by atoms with Crippen LogP contribution in [0, 0.1) is 0 Å². The predicted molar refractivity (Wildman–Crippen MR) is 106 cm³/mol. The van der Waals surface area contributed by atoms with Crippen molar-refractivity contribution in [1.82, 2.24) is 0 Å². The number of ether oxygens (including phenoxy) is 5. The molecule has 0 bridgehead atoms. The molecular formula is C20H32O8S. The smallest absolute Gasteiger partial charge is 0.303 e. The standard InChI is InChI=1S/C20H32O8S/c1-5-29-19-18(26-14(4)23)17(25-13(3)22)16(11-24-12(2)21)28-20(19)27-15-9-7-6-8-10-15/h15-20H,5-11H2,1-4H3/t16-,17-,18+,19-,20-/m1/s1. The third kappa shape index (κ3) is 7.46. The average Bonchev–Trinajstić information content (AvgIpc) is 2.65. The van der Waals surface area contributed by atoms with Crippen molar-refractivity contribution in [3.63, 3.8) is 0 Å². The number of rotatable bonds is 8. The third-order valence-corrected chi connectivity index (χ3v) is 6.09. The Morgan fingerprint density at radius 2 is 1.55 bits per heavy atom. The van der Waals surface area contributed by atoms with Gasteiger partial charge in [-0.3, -0.25) is 14.4 Å². The zero-order valence-corrected chi connectivity index (χ0v) is 18.4. The summed E-state index contributed by atoms with van der Waals surface area (Å²) < 4.78 is 28.6. The summed E-state index contributed by atoms with van der Waals surface area (Å²) in [6, 6.07) is 0. The van der Waals surface area contributed by atoms with E-state index in [0.29, 0.717) is 0 Å². The number of hydrogen-bond acceptors (Lipinski definition) is 9. The Morgan fingerprint density at radius 1 is 0.931 bits per heavy atom. The summed E-state index contributed by atoms with van der Waals surface area (Å²) in [7, 11) is 0. The lowest BCUT2D eigenvalue weighted by Crippen LogP contribution is -2.61. The fraction of sp³-hybridized carbons (Fsp3) is 0.850. The molecule has 5 atom stereocenters. The molecule has 0 aromatic carbocycles. The van der Waals surface area contributed by atoms with Gasteiger partial charge in [-0.15, -0.1) is 11.8 Å². The van der Waals surface area contributed by atoms with E-state index in [2.05, 4.69) is 0 Å². The van der Waals surface area contributed by atoms with E-state index < -0.39 is 42.5 Å². The molecule has 0 N–H and O–H groups in total. The van der Waals surface area contributed by atoms with Crippen molar-refractivity contribution in [3.05, 3.63) is 0 Å². The fourth-order valence-electron chi connectivity index (χ4n) is 3.74. The predicted octanol–water partition coefficient (Wildman–Crippen LogP) is 2.61. The van der Waals surface area contributed by atoms with E-state index in [4.69, 9.17) is 23.7 Å². The van der Waals surface area contributed by atoms with Crippen LogP contribution in [0.5, 0.6) is 0 Å². The van der Waals surface area contributed by atoms with Crippen LogP contribution < -0.4 is 0 Å². The molecule has 1 saturated heterocycles. The van der Waals surface area contributed by atoms with Gasteiger partial charge < -0.3 is 23.7 Å². The Morgan fingerprint density at radius 3 is 2.10 bits per heavy atom. The lowest BCUT2D eigenvalue weighted by atomic mass is 9.97. The van der Waals surface area contributed by atoms with Crippen LogP contribution in [0.25, 0.3) is 0 Å². The fourth-order valence-corrected chi connectivity index (χ4v) is 4.81. The van der Waals surface area contributed by atoms with Crippen LogP contribution in [0.4, 0.5) is 0 Å². The molecule has 0 aromatic heterocycles. The Labute approximate surface area is 176 Å². The molecule has 2 aliphatic rings. The third-order valence-electron chi connectivity index (χ3n) is 4.88. The first-order valence-electron chi connectivity index (χ1n) is 10.2. The summed E-state index contributed by atoms with van der Waals surface area (Å²) >= 11 is 1.53. The molecule has 29 heavy (non-hydrogen) atoms. The molecule has 2 rings (SSSR count). The van der Waals surface area contributed by atoms with Crippen molar-refractivity contribution < 1.29 is 38.1 Å². The summed E-state index contributed by atoms with van der Waals surface area (Å²) in [4.78, 5) is 34.9. The van der Waals surface area contributed by atoms with Crippen LogP contribution in [0.2, 0.25) is 0 Å². The van der Waals surface area contributed by atoms with Crippen molar-refractivity contribution in [2.75, 3.05) is 12.4 Å². The molecule has 166 valence electrons. The van der Waals surface area contributed by atoms with Gasteiger partial charge in [-0.25, -0.2) is 0 Å². The normalized spacial score (nSPS) is 30.4. The maximum atomic E-state index is 11.8. The molecule has 0 aromatic rings. The van der Waals surface area contributed by atoms with Gasteiger partial charge in [-0.05, 0) is 18.6 Å². The van der Waals surface area contributed by atoms with E-state index in [0.717, 1.165) is 31.4 Å². The average molecular weight is 433 g/mol. The number of hydrogen-bond donors (Lipinski definition) is 0. The van der Waals surface area contributed by atoms with Gasteiger partial charge in [0.05, 0.1) is 11.4 Å². The molecule has 0 radical (unpaired) electrons. The minimum atomic E-state index is -0.897. The topological polar surface area (TPSA) is 97.4 Å². The molecule has 9 heteroatoms. The molecule has 0 amide bonds. The Hall–Kier alpha value is -1.32. The highest BCUT2D eigenvalue weighted by molar-refractivity contribution is 7.99. The van der Waals surface area contributed by atoms with Gasteiger partial charge in [0.15, 0.2) is 18.5 Å². The number of esters is 3. The highest BCUT2D eigenvalue weighted by Crippen LogP contribution is 2.36. The highest BCUT2D eigenvalue weighted by Gasteiger charge is 2.51. The molecule has 1 heterocycles. The van der Waals surface area contributed by atoms with Crippen molar-refractivity contribution in [2.24, 2.45) is 0 Å². The second-order valence-corrected chi connectivity index (χ2v) is 8.76. The summed E-state index contributed by atoms with van der Waals surface area (Å²) in [5, 5.41) is -0.372. The molecular weight excluding hydrogens is 400 g/mol. The van der Waals surface area contributed by atoms with Crippen molar-refractivity contribution in [3.8, 4) is 0 Å². The van der Waals surface area contributed by atoms with Crippen LogP contribution in [0.1, 0.15) is 59.8 Å². The van der Waals surface area contributed by atoms with Gasteiger partial charge in [0, 0.05) is 20.8 Å². The highest BCUT2D eigenvalue weighted by atomic mass is 32.2. The second kappa shape index (κ2) is 11.8. The second-order valence-electron chi connectivity index (χ2n) is 7.31. The summed E-state index contributed by atoms with van der Waals surface area (Å²) in [6.45, 7) is 5.74. The van der Waals surface area contributed by atoms with Crippen LogP contribution in [0.15, 0.2) is 0 Å². The lowest BCUT2D eigenvalue weighted by Gasteiger charge is -2.45. The van der Waals surface area contributed by atoms with Crippen LogP contribution in [0.3, 0.4) is 0 Å². The van der Waals surface area contributed by atoms with E-state index in [-0.39, 0.29) is 18.0 Å². The Balaban J connectivity index is 2.28. The maximum absolute atomic E-state index is 11.8. The van der Waals surface area contributed by atoms with Crippen molar-refractivity contribution in [1.29, 1.82) is 0 Å². The monoisotopic (exact) mass is 432 g/mol. The quantitative estimate of drug-likeness (QED) is 0.423. The van der Waals surface area contributed by atoms with Crippen LogP contribution in [-0.2, 0) is 38.1 Å². The SMILES string of the molecule is CCS[C@H]1[C@H](OC2CCCCC2)O[C@H](COC(C)=O)[C@@H](OC(C)=O)[C@@H]1OC(C)=O. The van der Waals surface area contributed by atoms with Gasteiger partial charge in [-0.1, -0.05) is 26.2 Å². The molecule has 1 aliphatic carbocycles. The minimum absolute atomic E-state index is 0.0614. The van der Waals surface area contributed by atoms with Crippen LogP contribution >= 0.6 is 11.8 Å². The molecule has 1 aliphatic heterocycles. The molecule has 0 unspecified atom stereocenters. The van der Waals surface area contributed by atoms with Crippen molar-refractivity contribution >= 4 is 29.7 Å². The first-order valence-corrected chi connectivity index (χ1v) is 11.3. The molecule has 2 fully saturated rings. The number of carbonyl (C=O) groups is 3. The first-order chi connectivity index (χ1) is 13.8. The molecule has 0 spiro atoms. The van der Waals surface area contributed by atoms with E-state index >= 15 is 0 Å². The minimum Gasteiger partial charge on any atom is -0.463 e. The zero-order chi connectivity index (χ0) is 21.4. The van der Waals surface area contributed by atoms with Gasteiger partial charge in [0.1, 0.15) is 12.7 Å². The Bertz CT molecular complexity index is 563. The van der Waals surface area contributed by atoms with E-state index in [1.165, 1.54) is 39.0 Å². The number of carbonyl (C=O) groups excluding carboxylic acids is 3. The molecule has 8 nitrogen and oxygen atoms in total. The lowest BCUT2D eigenvalue weighted by molar-refractivity contribution is -0.274. The largest absolute Gasteiger partial charge is 0.463 e. The van der Waals surface area contributed by atoms with Gasteiger partial charge in [-0.2, -0.15) is 0 Å². The van der Waals surface area contributed by atoms with E-state index in [1.54, 1.807) is 0 Å². The summed E-state index contributed by atoms with van der Waals surface area (Å²) in [5.41, 5.74) is 0. The zero-order valence-electron chi connectivity index (χ0n) is 17.6. The summed E-state index contributed by atoms with van der Waals surface area (Å²) in [5.74, 6) is -0.763.